The highest BCUT2D eigenvalue weighted by Gasteiger charge is 2.27. The number of nitrogens with zero attached hydrogens (tertiary/aromatic N) is 6. The minimum atomic E-state index is -0.765. The molecule has 1 amide bonds. The zero-order chi connectivity index (χ0) is 23.8. The van der Waals surface area contributed by atoms with Gasteiger partial charge in [-0.2, -0.15) is 14.6 Å². The molecule has 0 bridgehead atoms. The number of aromatic nitrogens is 6. The molecule has 0 fully saturated rings. The number of carbonyl (C=O) groups excluding carboxylic acids is 1. The third kappa shape index (κ3) is 3.66. The van der Waals surface area contributed by atoms with E-state index in [2.05, 4.69) is 25.5 Å². The Morgan fingerprint density at radius 3 is 2.49 bits per heavy atom. The van der Waals surface area contributed by atoms with Gasteiger partial charge in [-0.25, -0.2) is 9.67 Å². The van der Waals surface area contributed by atoms with Crippen molar-refractivity contribution in [2.45, 2.75) is 12.6 Å². The maximum absolute atomic E-state index is 13.5. The molecule has 0 radical (unpaired) electrons. The van der Waals surface area contributed by atoms with Crippen molar-refractivity contribution in [2.75, 3.05) is 5.73 Å². The summed E-state index contributed by atoms with van der Waals surface area (Å²) in [5.41, 5.74) is 8.91. The van der Waals surface area contributed by atoms with Gasteiger partial charge < -0.3 is 15.5 Å². The van der Waals surface area contributed by atoms with E-state index in [4.69, 9.17) is 10.2 Å². The number of carbonyl (C=O) groups is 1. The number of nitrogens with two attached hydrogens (primary N) is 1. The average Bonchev–Trinajstić information content (AvgIpc) is 3.65. The van der Waals surface area contributed by atoms with Crippen molar-refractivity contribution in [2.24, 2.45) is 0 Å². The molecular weight excluding hydrogens is 444 g/mol. The van der Waals surface area contributed by atoms with E-state index in [0.29, 0.717) is 34.8 Å². The SMILES string of the molecule is Nc1nc2c(cnn2C(C(=O)NCc2ccccc2)c2ccccc2)c2nc(-c3ccco3)nn12. The Labute approximate surface area is 199 Å². The van der Waals surface area contributed by atoms with E-state index in [-0.39, 0.29) is 11.9 Å². The summed E-state index contributed by atoms with van der Waals surface area (Å²) in [6.07, 6.45) is 3.17. The Morgan fingerprint density at radius 2 is 1.74 bits per heavy atom. The van der Waals surface area contributed by atoms with Crippen LogP contribution >= 0.6 is 0 Å². The monoisotopic (exact) mass is 464 g/mol. The van der Waals surface area contributed by atoms with Crippen molar-refractivity contribution < 1.29 is 9.21 Å². The van der Waals surface area contributed by atoms with E-state index in [9.17, 15) is 4.79 Å². The number of nitrogen functional groups attached to an aromatic ring is 1. The first-order chi connectivity index (χ1) is 17.2. The third-order valence-electron chi connectivity index (χ3n) is 5.71. The highest BCUT2D eigenvalue weighted by Crippen LogP contribution is 2.27. The van der Waals surface area contributed by atoms with Crippen LogP contribution in [-0.4, -0.2) is 35.3 Å². The van der Waals surface area contributed by atoms with Crippen LogP contribution in [0.4, 0.5) is 5.95 Å². The molecule has 1 atom stereocenters. The summed E-state index contributed by atoms with van der Waals surface area (Å²) in [6, 6.07) is 21.9. The summed E-state index contributed by atoms with van der Waals surface area (Å²) in [7, 11) is 0. The second-order valence-corrected chi connectivity index (χ2v) is 7.96. The van der Waals surface area contributed by atoms with Crippen LogP contribution in [0.3, 0.4) is 0 Å². The molecule has 0 aliphatic carbocycles. The minimum absolute atomic E-state index is 0.121. The number of rotatable bonds is 6. The minimum Gasteiger partial charge on any atom is -0.461 e. The number of fused-ring (bicyclic) bond motifs is 3. The van der Waals surface area contributed by atoms with E-state index in [1.807, 2.05) is 60.7 Å². The lowest BCUT2D eigenvalue weighted by Gasteiger charge is -2.18. The normalized spacial score (nSPS) is 12.2. The molecule has 4 aromatic heterocycles. The lowest BCUT2D eigenvalue weighted by molar-refractivity contribution is -0.123. The molecule has 6 aromatic rings. The summed E-state index contributed by atoms with van der Waals surface area (Å²) in [5.74, 6) is 0.791. The second-order valence-electron chi connectivity index (χ2n) is 7.96. The Hall–Kier alpha value is -4.99. The van der Waals surface area contributed by atoms with Crippen LogP contribution in [0.1, 0.15) is 17.2 Å². The fraction of sp³-hybridized carbons (Fsp3) is 0.0800. The largest absolute Gasteiger partial charge is 0.461 e. The highest BCUT2D eigenvalue weighted by molar-refractivity contribution is 5.92. The van der Waals surface area contributed by atoms with Crippen LogP contribution in [0.5, 0.6) is 0 Å². The number of amides is 1. The van der Waals surface area contributed by atoms with Crippen LogP contribution in [0.2, 0.25) is 0 Å². The van der Waals surface area contributed by atoms with Gasteiger partial charge in [0.05, 0.1) is 17.8 Å². The van der Waals surface area contributed by atoms with Crippen LogP contribution in [-0.2, 0) is 11.3 Å². The van der Waals surface area contributed by atoms with Gasteiger partial charge in [0, 0.05) is 6.54 Å². The maximum atomic E-state index is 13.5. The van der Waals surface area contributed by atoms with Crippen LogP contribution < -0.4 is 11.1 Å². The highest BCUT2D eigenvalue weighted by atomic mass is 16.3. The summed E-state index contributed by atoms with van der Waals surface area (Å²) < 4.78 is 8.44. The summed E-state index contributed by atoms with van der Waals surface area (Å²) >= 11 is 0. The first-order valence-corrected chi connectivity index (χ1v) is 11.0. The number of hydrogen-bond donors (Lipinski definition) is 2. The summed E-state index contributed by atoms with van der Waals surface area (Å²) in [4.78, 5) is 22.6. The van der Waals surface area contributed by atoms with Crippen LogP contribution in [0, 0.1) is 0 Å². The van der Waals surface area contributed by atoms with Crippen molar-refractivity contribution in [3.05, 3.63) is 96.4 Å². The second kappa shape index (κ2) is 8.41. The topological polar surface area (TPSA) is 129 Å². The van der Waals surface area contributed by atoms with E-state index in [1.165, 1.54) is 4.52 Å². The van der Waals surface area contributed by atoms with Gasteiger partial charge in [-0.1, -0.05) is 60.7 Å². The number of anilines is 1. The first-order valence-electron chi connectivity index (χ1n) is 11.0. The molecular formula is C25H20N8O2. The Bertz CT molecular complexity index is 1620. The molecule has 0 aliphatic rings. The summed E-state index contributed by atoms with van der Waals surface area (Å²) in [6.45, 7) is 0.388. The lowest BCUT2D eigenvalue weighted by atomic mass is 10.1. The van der Waals surface area contributed by atoms with Gasteiger partial charge in [0.2, 0.25) is 17.7 Å². The summed E-state index contributed by atoms with van der Waals surface area (Å²) in [5, 5.41) is 12.6. The molecule has 2 aromatic carbocycles. The van der Waals surface area contributed by atoms with Crippen molar-refractivity contribution >= 4 is 28.5 Å². The van der Waals surface area contributed by atoms with Crippen LogP contribution in [0.15, 0.2) is 89.7 Å². The first kappa shape index (κ1) is 20.6. The molecule has 3 N–H and O–H groups in total. The number of benzene rings is 2. The van der Waals surface area contributed by atoms with Gasteiger partial charge in [0.25, 0.3) is 0 Å². The maximum Gasteiger partial charge on any atom is 0.249 e. The van der Waals surface area contributed by atoms with Gasteiger partial charge in [0.1, 0.15) is 0 Å². The molecule has 0 saturated heterocycles. The van der Waals surface area contributed by atoms with Crippen molar-refractivity contribution in [3.63, 3.8) is 0 Å². The number of nitrogens with one attached hydrogen (secondary N) is 1. The van der Waals surface area contributed by atoms with Crippen molar-refractivity contribution in [1.29, 1.82) is 0 Å². The fourth-order valence-electron chi connectivity index (χ4n) is 4.05. The van der Waals surface area contributed by atoms with Crippen molar-refractivity contribution in [3.8, 4) is 11.6 Å². The molecule has 0 spiro atoms. The van der Waals surface area contributed by atoms with Crippen LogP contribution in [0.25, 0.3) is 28.3 Å². The smallest absolute Gasteiger partial charge is 0.249 e. The molecule has 10 nitrogen and oxygen atoms in total. The van der Waals surface area contributed by atoms with Gasteiger partial charge in [-0.15, -0.1) is 5.10 Å². The quantitative estimate of drug-likeness (QED) is 0.387. The van der Waals surface area contributed by atoms with E-state index in [1.54, 1.807) is 29.3 Å². The van der Waals surface area contributed by atoms with E-state index < -0.39 is 6.04 Å². The molecule has 35 heavy (non-hydrogen) atoms. The molecule has 1 unspecified atom stereocenters. The lowest BCUT2D eigenvalue weighted by Crippen LogP contribution is -2.33. The Kier molecular flexibility index (Phi) is 4.95. The van der Waals surface area contributed by atoms with Gasteiger partial charge >= 0.3 is 0 Å². The zero-order valence-electron chi connectivity index (χ0n) is 18.4. The van der Waals surface area contributed by atoms with Gasteiger partial charge in [-0.3, -0.25) is 4.79 Å². The molecule has 172 valence electrons. The fourth-order valence-corrected chi connectivity index (χ4v) is 4.05. The molecule has 6 rings (SSSR count). The molecule has 0 aliphatic heterocycles. The third-order valence-corrected chi connectivity index (χ3v) is 5.71. The Balaban J connectivity index is 1.45. The predicted octanol–water partition coefficient (Wildman–Crippen LogP) is 3.22. The zero-order valence-corrected chi connectivity index (χ0v) is 18.4. The predicted molar refractivity (Wildman–Crippen MR) is 129 cm³/mol. The van der Waals surface area contributed by atoms with Gasteiger partial charge in [-0.05, 0) is 23.3 Å². The molecule has 0 saturated carbocycles. The molecule has 4 heterocycles. The number of furan rings is 1. The Morgan fingerprint density at radius 1 is 0.971 bits per heavy atom. The van der Waals surface area contributed by atoms with E-state index in [0.717, 1.165) is 11.1 Å². The van der Waals surface area contributed by atoms with Gasteiger partial charge in [0.15, 0.2) is 23.1 Å². The standard InChI is InChI=1S/C25H20N8O2/c26-25-30-23-18(22-29-21(31-33(22)25)19-12-7-13-35-19)15-28-32(23)20(17-10-5-2-6-11-17)24(34)27-14-16-8-3-1-4-9-16/h1-13,15,20H,14H2,(H2,26,30)(H,27,34). The number of hydrogen-bond acceptors (Lipinski definition) is 7. The average molecular weight is 464 g/mol. The van der Waals surface area contributed by atoms with E-state index >= 15 is 0 Å². The molecule has 10 heteroatoms. The van der Waals surface area contributed by atoms with Crippen molar-refractivity contribution in [1.82, 2.24) is 34.7 Å².